The molecule has 0 aliphatic rings. The molecular weight excluding hydrogens is 887 g/mol. The summed E-state index contributed by atoms with van der Waals surface area (Å²) < 4.78 is 11.0. The number of hydrogen-bond donors (Lipinski definition) is 0. The first-order chi connectivity index (χ1) is 35.2. The molecule has 10 aromatic carbocycles. The van der Waals surface area contributed by atoms with Crippen LogP contribution >= 0.6 is 11.3 Å². The van der Waals surface area contributed by atoms with E-state index in [0.717, 1.165) is 107 Å². The molecule has 7 nitrogen and oxygen atoms in total. The predicted molar refractivity (Wildman–Crippen MR) is 291 cm³/mol. The molecule has 0 saturated carbocycles. The Morgan fingerprint density at radius 3 is 1.04 bits per heavy atom. The van der Waals surface area contributed by atoms with Crippen molar-refractivity contribution >= 4 is 119 Å². The van der Waals surface area contributed by atoms with Crippen LogP contribution in [-0.2, 0) is 0 Å². The highest BCUT2D eigenvalue weighted by molar-refractivity contribution is 7.26. The minimum absolute atomic E-state index is 0.364. The van der Waals surface area contributed by atoms with Crippen LogP contribution in [0.15, 0.2) is 200 Å². The van der Waals surface area contributed by atoms with Crippen molar-refractivity contribution < 1.29 is 0 Å². The van der Waals surface area contributed by atoms with Crippen LogP contribution in [0.5, 0.6) is 0 Å². The molecule has 0 radical (unpaired) electrons. The van der Waals surface area contributed by atoms with Gasteiger partial charge in [-0.25, -0.2) is 0 Å². The second-order valence-corrected chi connectivity index (χ2v) is 19.1. The molecule has 0 fully saturated rings. The summed E-state index contributed by atoms with van der Waals surface area (Å²) in [6, 6.07) is 77.0. The van der Waals surface area contributed by atoms with Crippen molar-refractivity contribution in [3.63, 3.8) is 0 Å². The molecule has 0 N–H and O–H groups in total. The van der Waals surface area contributed by atoms with Crippen LogP contribution in [0.25, 0.3) is 130 Å². The number of para-hydroxylation sites is 6. The fourth-order valence-corrected chi connectivity index (χ4v) is 13.1. The van der Waals surface area contributed by atoms with E-state index >= 15 is 0 Å². The fraction of sp³-hybridized carbons (Fsp3) is 0. The van der Waals surface area contributed by atoms with E-state index in [0.29, 0.717) is 39.4 Å². The van der Waals surface area contributed by atoms with Gasteiger partial charge in [-0.2, -0.15) is 15.8 Å². The lowest BCUT2D eigenvalue weighted by molar-refractivity contribution is 1.02. The molecule has 0 saturated heterocycles. The van der Waals surface area contributed by atoms with Gasteiger partial charge in [0.05, 0.1) is 83.2 Å². The molecule has 5 heterocycles. The van der Waals surface area contributed by atoms with Crippen molar-refractivity contribution in [3.05, 3.63) is 217 Å². The topological polar surface area (TPSA) is 91.1 Å². The van der Waals surface area contributed by atoms with E-state index in [1.54, 1.807) is 11.3 Å². The molecule has 0 atom stereocenters. The molecule has 8 heteroatoms. The standard InChI is InChI=1S/C63H33N7S/c64-34-37-29-30-44-46-31-32-47-45-21-7-14-28-57(45)71-63(47)62(46)70(56(44)33-37)61-49(36-66)59(68-52-24-10-3-17-40(52)41-18-4-11-25-53(41)68)58(67-50-22-8-1-15-38(50)39-16-2-9-23-51(39)67)48(35-65)60(61)69-54-26-12-5-19-42(54)43-20-6-13-27-55(43)69/h1-33H. The number of aromatic nitrogens is 4. The summed E-state index contributed by atoms with van der Waals surface area (Å²) >= 11 is 1.72. The van der Waals surface area contributed by atoms with Crippen LogP contribution in [0, 0.1) is 34.0 Å². The van der Waals surface area contributed by atoms with E-state index in [2.05, 4.69) is 182 Å². The fourth-order valence-electron chi connectivity index (χ4n) is 11.9. The average molecular weight is 920 g/mol. The van der Waals surface area contributed by atoms with E-state index < -0.39 is 0 Å². The zero-order valence-electron chi connectivity index (χ0n) is 37.6. The van der Waals surface area contributed by atoms with Crippen LogP contribution < -0.4 is 0 Å². The Morgan fingerprint density at radius 2 is 0.634 bits per heavy atom. The Morgan fingerprint density at radius 1 is 0.296 bits per heavy atom. The monoisotopic (exact) mass is 919 g/mol. The van der Waals surface area contributed by atoms with Gasteiger partial charge in [0, 0.05) is 58.6 Å². The molecule has 0 amide bonds. The van der Waals surface area contributed by atoms with Gasteiger partial charge in [-0.1, -0.05) is 146 Å². The molecule has 0 unspecified atom stereocenters. The zero-order chi connectivity index (χ0) is 47.1. The van der Waals surface area contributed by atoms with Gasteiger partial charge >= 0.3 is 0 Å². The van der Waals surface area contributed by atoms with Crippen molar-refractivity contribution in [2.24, 2.45) is 0 Å². The summed E-state index contributed by atoms with van der Waals surface area (Å²) in [6.45, 7) is 0. The molecule has 0 spiro atoms. The summed E-state index contributed by atoms with van der Waals surface area (Å²) in [7, 11) is 0. The minimum Gasteiger partial charge on any atom is -0.306 e. The highest BCUT2D eigenvalue weighted by atomic mass is 32.1. The molecule has 326 valence electrons. The van der Waals surface area contributed by atoms with Gasteiger partial charge in [-0.05, 0) is 54.6 Å². The molecule has 0 aliphatic heterocycles. The van der Waals surface area contributed by atoms with Gasteiger partial charge < -0.3 is 18.3 Å². The average Bonchev–Trinajstić information content (AvgIpc) is 4.23. The number of fused-ring (bicyclic) bond motifs is 16. The Balaban J connectivity index is 1.30. The maximum absolute atomic E-state index is 12.6. The number of thiophene rings is 1. The SMILES string of the molecule is N#Cc1ccc2c3ccc4c5ccccc5sc4c3n(-c3c(C#N)c(-n4c5ccccc5c5ccccc54)c(-n4c5ccccc5c5ccccc54)c(C#N)c3-n3c4ccccc4c4ccccc43)c2c1. The lowest BCUT2D eigenvalue weighted by atomic mass is 9.98. The second kappa shape index (κ2) is 14.5. The molecular formula is C63H33N7S. The summed E-state index contributed by atoms with van der Waals surface area (Å²) in [5, 5.41) is 46.1. The van der Waals surface area contributed by atoms with Crippen LogP contribution in [0.1, 0.15) is 16.7 Å². The molecule has 15 aromatic rings. The summed E-state index contributed by atoms with van der Waals surface area (Å²) in [6.07, 6.45) is 0. The maximum Gasteiger partial charge on any atom is 0.104 e. The first kappa shape index (κ1) is 39.1. The van der Waals surface area contributed by atoms with Gasteiger partial charge in [0.1, 0.15) is 23.3 Å². The third kappa shape index (κ3) is 5.12. The van der Waals surface area contributed by atoms with Crippen molar-refractivity contribution in [1.82, 2.24) is 18.3 Å². The van der Waals surface area contributed by atoms with E-state index in [1.165, 1.54) is 0 Å². The van der Waals surface area contributed by atoms with Crippen LogP contribution in [0.2, 0.25) is 0 Å². The van der Waals surface area contributed by atoms with Gasteiger partial charge in [-0.15, -0.1) is 11.3 Å². The van der Waals surface area contributed by atoms with Crippen molar-refractivity contribution in [3.8, 4) is 41.0 Å². The van der Waals surface area contributed by atoms with Crippen molar-refractivity contribution in [2.45, 2.75) is 0 Å². The predicted octanol–water partition coefficient (Wildman–Crippen LogP) is 16.1. The normalized spacial score (nSPS) is 11.9. The quantitative estimate of drug-likeness (QED) is 0.176. The Hall–Kier alpha value is -9.91. The van der Waals surface area contributed by atoms with Gasteiger partial charge in [-0.3, -0.25) is 0 Å². The Bertz CT molecular complexity index is 4830. The lowest BCUT2D eigenvalue weighted by Gasteiger charge is -2.27. The van der Waals surface area contributed by atoms with E-state index in [-0.39, 0.29) is 0 Å². The summed E-state index contributed by atoms with van der Waals surface area (Å²) in [5.41, 5.74) is 10.5. The Kier molecular flexibility index (Phi) is 8.02. The van der Waals surface area contributed by atoms with Crippen molar-refractivity contribution in [1.29, 1.82) is 15.8 Å². The Labute approximate surface area is 408 Å². The third-order valence-electron chi connectivity index (χ3n) is 14.7. The van der Waals surface area contributed by atoms with Crippen LogP contribution in [0.4, 0.5) is 0 Å². The number of hydrogen-bond acceptors (Lipinski definition) is 4. The largest absolute Gasteiger partial charge is 0.306 e. The molecule has 0 aliphatic carbocycles. The smallest absolute Gasteiger partial charge is 0.104 e. The lowest BCUT2D eigenvalue weighted by Crippen LogP contribution is -2.16. The van der Waals surface area contributed by atoms with E-state index in [4.69, 9.17) is 0 Å². The first-order valence-corrected chi connectivity index (χ1v) is 24.3. The molecule has 5 aromatic heterocycles. The van der Waals surface area contributed by atoms with Gasteiger partial charge in [0.25, 0.3) is 0 Å². The molecule has 71 heavy (non-hydrogen) atoms. The zero-order valence-corrected chi connectivity index (χ0v) is 38.4. The van der Waals surface area contributed by atoms with Crippen molar-refractivity contribution in [2.75, 3.05) is 0 Å². The number of nitrogens with zero attached hydrogens (tertiary/aromatic N) is 7. The number of nitriles is 3. The molecule has 0 bridgehead atoms. The summed E-state index contributed by atoms with van der Waals surface area (Å²) in [5.74, 6) is 0. The third-order valence-corrected chi connectivity index (χ3v) is 15.8. The first-order valence-electron chi connectivity index (χ1n) is 23.5. The highest BCUT2D eigenvalue weighted by Crippen LogP contribution is 2.50. The van der Waals surface area contributed by atoms with Crippen LogP contribution in [0.3, 0.4) is 0 Å². The molecule has 15 rings (SSSR count). The minimum atomic E-state index is 0.364. The second-order valence-electron chi connectivity index (χ2n) is 18.1. The highest BCUT2D eigenvalue weighted by Gasteiger charge is 2.35. The number of rotatable bonds is 4. The number of benzene rings is 10. The van der Waals surface area contributed by atoms with Gasteiger partial charge in [0.15, 0.2) is 0 Å². The summed E-state index contributed by atoms with van der Waals surface area (Å²) in [4.78, 5) is 0. The van der Waals surface area contributed by atoms with Gasteiger partial charge in [0.2, 0.25) is 0 Å². The van der Waals surface area contributed by atoms with Crippen LogP contribution in [-0.4, -0.2) is 18.3 Å². The maximum atomic E-state index is 12.6. The van der Waals surface area contributed by atoms with E-state index in [1.807, 2.05) is 54.6 Å². The van der Waals surface area contributed by atoms with E-state index in [9.17, 15) is 15.8 Å².